The summed E-state index contributed by atoms with van der Waals surface area (Å²) in [6.07, 6.45) is 1.71. The first-order valence-electron chi connectivity index (χ1n) is 6.89. The van der Waals surface area contributed by atoms with Crippen LogP contribution in [-0.2, 0) is 0 Å². The molecule has 0 aliphatic heterocycles. The second-order valence-corrected chi connectivity index (χ2v) is 6.71. The van der Waals surface area contributed by atoms with Crippen LogP contribution in [-0.4, -0.2) is 15.9 Å². The van der Waals surface area contributed by atoms with Gasteiger partial charge < -0.3 is 10.3 Å². The molecule has 7 heteroatoms. The number of thiazole rings is 1. The Kier molecular flexibility index (Phi) is 4.71. The van der Waals surface area contributed by atoms with Crippen LogP contribution in [0.4, 0.5) is 0 Å². The zero-order valence-electron chi connectivity index (χ0n) is 12.1. The van der Waals surface area contributed by atoms with Crippen molar-refractivity contribution in [2.45, 2.75) is 13.0 Å². The van der Waals surface area contributed by atoms with E-state index < -0.39 is 0 Å². The van der Waals surface area contributed by atoms with Gasteiger partial charge in [0.2, 0.25) is 0 Å². The second-order valence-electron chi connectivity index (χ2n) is 4.97. The molecule has 0 fully saturated rings. The van der Waals surface area contributed by atoms with E-state index in [0.29, 0.717) is 15.7 Å². The normalized spacial score (nSPS) is 12.1. The predicted octanol–water partition coefficient (Wildman–Crippen LogP) is 4.94. The van der Waals surface area contributed by atoms with Crippen molar-refractivity contribution in [3.05, 3.63) is 62.7 Å². The fourth-order valence-electron chi connectivity index (χ4n) is 2.12. The lowest BCUT2D eigenvalue weighted by atomic mass is 10.2. The molecule has 1 amide bonds. The van der Waals surface area contributed by atoms with Gasteiger partial charge in [-0.05, 0) is 37.3 Å². The first kappa shape index (κ1) is 16.1. The lowest BCUT2D eigenvalue weighted by Gasteiger charge is -2.10. The first-order valence-corrected chi connectivity index (χ1v) is 8.53. The number of aromatic nitrogens is 2. The molecule has 1 aromatic carbocycles. The van der Waals surface area contributed by atoms with Crippen LogP contribution >= 0.6 is 34.5 Å². The van der Waals surface area contributed by atoms with Gasteiger partial charge in [-0.15, -0.1) is 11.3 Å². The monoisotopic (exact) mass is 365 g/mol. The van der Waals surface area contributed by atoms with E-state index in [2.05, 4.69) is 15.3 Å². The third-order valence-electron chi connectivity index (χ3n) is 3.29. The van der Waals surface area contributed by atoms with Crippen molar-refractivity contribution < 1.29 is 4.79 Å². The maximum Gasteiger partial charge on any atom is 0.268 e. The minimum absolute atomic E-state index is 0.163. The summed E-state index contributed by atoms with van der Waals surface area (Å²) in [7, 11) is 0. The van der Waals surface area contributed by atoms with Gasteiger partial charge in [-0.2, -0.15) is 0 Å². The number of halogens is 2. The Hall–Kier alpha value is -1.82. The van der Waals surface area contributed by atoms with E-state index in [1.54, 1.807) is 30.5 Å². The molecule has 4 nitrogen and oxygen atoms in total. The molecular weight excluding hydrogens is 353 g/mol. The molecular formula is C16H13Cl2N3OS. The number of amides is 1. The average molecular weight is 366 g/mol. The van der Waals surface area contributed by atoms with Crippen molar-refractivity contribution >= 4 is 40.4 Å². The minimum Gasteiger partial charge on any atom is -0.357 e. The molecule has 23 heavy (non-hydrogen) atoms. The molecule has 0 saturated heterocycles. The number of hydrogen-bond acceptors (Lipinski definition) is 3. The summed E-state index contributed by atoms with van der Waals surface area (Å²) in [6, 6.07) is 8.61. The third-order valence-corrected chi connectivity index (χ3v) is 4.86. The van der Waals surface area contributed by atoms with Crippen molar-refractivity contribution in [2.75, 3.05) is 0 Å². The smallest absolute Gasteiger partial charge is 0.268 e. The molecule has 118 valence electrons. The molecule has 0 aliphatic rings. The van der Waals surface area contributed by atoms with E-state index in [1.807, 2.05) is 18.4 Å². The van der Waals surface area contributed by atoms with E-state index >= 15 is 0 Å². The highest BCUT2D eigenvalue weighted by atomic mass is 35.5. The van der Waals surface area contributed by atoms with Crippen molar-refractivity contribution in [3.8, 4) is 11.3 Å². The van der Waals surface area contributed by atoms with Crippen molar-refractivity contribution in [1.82, 2.24) is 15.3 Å². The Morgan fingerprint density at radius 2 is 2.17 bits per heavy atom. The summed E-state index contributed by atoms with van der Waals surface area (Å²) in [5, 5.41) is 6.78. The number of carbonyl (C=O) groups is 1. The SMILES string of the molecule is CC(NC(=O)c1ccc[nH]1)c1nc(-c2ccc(Cl)cc2Cl)cs1. The van der Waals surface area contributed by atoms with Gasteiger partial charge >= 0.3 is 0 Å². The molecule has 1 atom stereocenters. The van der Waals surface area contributed by atoms with Gasteiger partial charge in [0.1, 0.15) is 10.7 Å². The van der Waals surface area contributed by atoms with Crippen LogP contribution in [0, 0.1) is 0 Å². The van der Waals surface area contributed by atoms with Gasteiger partial charge in [-0.3, -0.25) is 4.79 Å². The molecule has 2 N–H and O–H groups in total. The summed E-state index contributed by atoms with van der Waals surface area (Å²) < 4.78 is 0. The number of aromatic amines is 1. The lowest BCUT2D eigenvalue weighted by molar-refractivity contribution is 0.0935. The summed E-state index contributed by atoms with van der Waals surface area (Å²) in [4.78, 5) is 19.5. The molecule has 0 saturated carbocycles. The number of nitrogens with zero attached hydrogens (tertiary/aromatic N) is 1. The summed E-state index contributed by atoms with van der Waals surface area (Å²) in [6.45, 7) is 1.90. The zero-order chi connectivity index (χ0) is 16.4. The molecule has 3 rings (SSSR count). The maximum absolute atomic E-state index is 12.1. The standard InChI is InChI=1S/C16H13Cl2N3OS/c1-9(20-15(22)13-3-2-6-19-13)16-21-14(8-23-16)11-5-4-10(17)7-12(11)18/h2-9,19H,1H3,(H,20,22). The predicted molar refractivity (Wildman–Crippen MR) is 94.2 cm³/mol. The van der Waals surface area contributed by atoms with Crippen molar-refractivity contribution in [1.29, 1.82) is 0 Å². The van der Waals surface area contributed by atoms with Gasteiger partial charge in [0.05, 0.1) is 16.8 Å². The van der Waals surface area contributed by atoms with Crippen LogP contribution in [0.1, 0.15) is 28.5 Å². The summed E-state index contributed by atoms with van der Waals surface area (Å²) in [5.74, 6) is -0.163. The van der Waals surface area contributed by atoms with E-state index in [9.17, 15) is 4.79 Å². The largest absolute Gasteiger partial charge is 0.357 e. The van der Waals surface area contributed by atoms with E-state index in [0.717, 1.165) is 16.3 Å². The molecule has 0 spiro atoms. The topological polar surface area (TPSA) is 57.8 Å². The quantitative estimate of drug-likeness (QED) is 0.687. The number of carbonyl (C=O) groups excluding carboxylic acids is 1. The van der Waals surface area contributed by atoms with Gasteiger partial charge in [0.25, 0.3) is 5.91 Å². The van der Waals surface area contributed by atoms with Crippen LogP contribution in [0.3, 0.4) is 0 Å². The van der Waals surface area contributed by atoms with Crippen molar-refractivity contribution in [2.24, 2.45) is 0 Å². The molecule has 2 heterocycles. The zero-order valence-corrected chi connectivity index (χ0v) is 14.5. The number of rotatable bonds is 4. The molecule has 2 aromatic heterocycles. The number of nitrogens with one attached hydrogen (secondary N) is 2. The summed E-state index contributed by atoms with van der Waals surface area (Å²) >= 11 is 13.6. The number of hydrogen-bond donors (Lipinski definition) is 2. The highest BCUT2D eigenvalue weighted by Gasteiger charge is 2.16. The molecule has 0 bridgehead atoms. The van der Waals surface area contributed by atoms with E-state index in [1.165, 1.54) is 11.3 Å². The van der Waals surface area contributed by atoms with Crippen LogP contribution in [0.15, 0.2) is 41.9 Å². The summed E-state index contributed by atoms with van der Waals surface area (Å²) in [5.41, 5.74) is 2.11. The number of H-pyrrole nitrogens is 1. The number of benzene rings is 1. The molecule has 0 radical (unpaired) electrons. The van der Waals surface area contributed by atoms with Gasteiger partial charge in [0, 0.05) is 22.2 Å². The van der Waals surface area contributed by atoms with Crippen LogP contribution in [0.5, 0.6) is 0 Å². The Bertz CT molecular complexity index is 830. The maximum atomic E-state index is 12.1. The van der Waals surface area contributed by atoms with E-state index in [4.69, 9.17) is 23.2 Å². The fraction of sp³-hybridized carbons (Fsp3) is 0.125. The molecule has 3 aromatic rings. The highest BCUT2D eigenvalue weighted by molar-refractivity contribution is 7.10. The molecule has 1 unspecified atom stereocenters. The molecule has 0 aliphatic carbocycles. The van der Waals surface area contributed by atoms with Gasteiger partial charge in [0.15, 0.2) is 0 Å². The Morgan fingerprint density at radius 1 is 1.35 bits per heavy atom. The second kappa shape index (κ2) is 6.74. The van der Waals surface area contributed by atoms with Gasteiger partial charge in [-0.1, -0.05) is 23.2 Å². The highest BCUT2D eigenvalue weighted by Crippen LogP contribution is 2.32. The first-order chi connectivity index (χ1) is 11.0. The van der Waals surface area contributed by atoms with E-state index in [-0.39, 0.29) is 11.9 Å². The van der Waals surface area contributed by atoms with Crippen LogP contribution < -0.4 is 5.32 Å². The Morgan fingerprint density at radius 3 is 2.87 bits per heavy atom. The Labute approximate surface area is 147 Å². The third kappa shape index (κ3) is 3.58. The van der Waals surface area contributed by atoms with Crippen molar-refractivity contribution in [3.63, 3.8) is 0 Å². The fourth-order valence-corrected chi connectivity index (χ4v) is 3.45. The van der Waals surface area contributed by atoms with Crippen LogP contribution in [0.2, 0.25) is 10.0 Å². The average Bonchev–Trinajstić information content (AvgIpc) is 3.19. The van der Waals surface area contributed by atoms with Crippen LogP contribution in [0.25, 0.3) is 11.3 Å². The Balaban J connectivity index is 1.77. The minimum atomic E-state index is -0.198. The lowest BCUT2D eigenvalue weighted by Crippen LogP contribution is -2.26. The van der Waals surface area contributed by atoms with Gasteiger partial charge in [-0.25, -0.2) is 4.98 Å².